The van der Waals surface area contributed by atoms with Gasteiger partial charge in [0.15, 0.2) is 0 Å². The second-order valence-corrected chi connectivity index (χ2v) is 1.13. The normalized spacial score (nSPS) is 7.60. The van der Waals surface area contributed by atoms with Crippen molar-refractivity contribution >= 4 is 16.8 Å². The van der Waals surface area contributed by atoms with Crippen LogP contribution in [-0.4, -0.2) is 5.24 Å². The highest BCUT2D eigenvalue weighted by atomic mass is 35.5. The lowest BCUT2D eigenvalue weighted by molar-refractivity contribution is -0.111. The van der Waals surface area contributed by atoms with Crippen molar-refractivity contribution in [1.29, 1.82) is 0 Å². The Balaban J connectivity index is 2.85. The Morgan fingerprint density at radius 1 is 2.00 bits per heavy atom. The zero-order valence-electron chi connectivity index (χ0n) is 2.99. The van der Waals surface area contributed by atoms with Gasteiger partial charge in [-0.3, -0.25) is 4.79 Å². The lowest BCUT2D eigenvalue weighted by atomic mass is 10.2. The lowest BCUT2D eigenvalue weighted by Gasteiger charge is -1.68. The number of hydrogen-bond donors (Lipinski definition) is 0. The molecule has 0 unspecified atom stereocenters. The topological polar surface area (TPSA) is 17.1 Å². The predicted octanol–water partition coefficient (Wildman–Crippen LogP) is 1.16. The van der Waals surface area contributed by atoms with Crippen LogP contribution in [0.15, 0.2) is 0 Å². The van der Waals surface area contributed by atoms with Crippen LogP contribution in [0.3, 0.4) is 0 Å². The molecule has 5 heavy (non-hydrogen) atoms. The van der Waals surface area contributed by atoms with E-state index in [2.05, 4.69) is 0 Å². The maximum atomic E-state index is 9.58. The molecule has 2 heteroatoms. The predicted molar refractivity (Wildman–Crippen MR) is 21.2 cm³/mol. The number of rotatable bonds is 1. The first-order valence-electron chi connectivity index (χ1n) is 1.45. The van der Waals surface area contributed by atoms with Crippen LogP contribution in [0.4, 0.5) is 0 Å². The third-order valence-corrected chi connectivity index (χ3v) is 0.545. The molecule has 1 nitrogen and oxygen atoms in total. The molecule has 0 heterocycles. The van der Waals surface area contributed by atoms with Crippen LogP contribution < -0.4 is 0 Å². The van der Waals surface area contributed by atoms with E-state index in [0.29, 0.717) is 6.42 Å². The fourth-order valence-corrected chi connectivity index (χ4v) is 0. The molecule has 0 aliphatic heterocycles. The van der Waals surface area contributed by atoms with Crippen molar-refractivity contribution in [2.75, 3.05) is 0 Å². The Kier molecular flexibility index (Phi) is 2.19. The van der Waals surface area contributed by atoms with E-state index in [-0.39, 0.29) is 5.24 Å². The molecule has 0 N–H and O–H groups in total. The van der Waals surface area contributed by atoms with Crippen molar-refractivity contribution in [3.8, 4) is 0 Å². The molecule has 0 fully saturated rings. The summed E-state index contributed by atoms with van der Waals surface area (Å²) in [6.07, 6.45) is 0.432. The highest BCUT2D eigenvalue weighted by Crippen LogP contribution is 1.81. The third kappa shape index (κ3) is 3.96. The lowest BCUT2D eigenvalue weighted by Crippen LogP contribution is -1.74. The van der Waals surface area contributed by atoms with Gasteiger partial charge in [0.2, 0.25) is 5.24 Å². The highest BCUT2D eigenvalue weighted by Gasteiger charge is 1.81. The molecule has 0 bridgehead atoms. The van der Waals surface area contributed by atoms with E-state index in [1.165, 1.54) is 0 Å². The second-order valence-electron chi connectivity index (χ2n) is 0.709. The van der Waals surface area contributed by atoms with E-state index < -0.39 is 0 Å². The Morgan fingerprint density at radius 3 is 2.20 bits per heavy atom. The van der Waals surface area contributed by atoms with Gasteiger partial charge in [0.1, 0.15) is 0 Å². The summed E-state index contributed by atoms with van der Waals surface area (Å²) in [5.74, 6) is 0. The van der Waals surface area contributed by atoms with Gasteiger partial charge in [0.25, 0.3) is 0 Å². The summed E-state index contributed by atoms with van der Waals surface area (Å²) >= 11 is 4.82. The van der Waals surface area contributed by atoms with Gasteiger partial charge in [-0.25, -0.2) is 0 Å². The van der Waals surface area contributed by atoms with E-state index in [1.54, 1.807) is 6.92 Å². The minimum atomic E-state index is -0.273. The Labute approximate surface area is 35.9 Å². The molecule has 0 spiro atoms. The van der Waals surface area contributed by atoms with Crippen molar-refractivity contribution in [1.82, 2.24) is 0 Å². The van der Waals surface area contributed by atoms with E-state index in [4.69, 9.17) is 11.6 Å². The van der Waals surface area contributed by atoms with Crippen molar-refractivity contribution in [2.45, 2.75) is 13.3 Å². The minimum absolute atomic E-state index is 0.273. The van der Waals surface area contributed by atoms with Crippen molar-refractivity contribution in [3.63, 3.8) is 0 Å². The average Bonchev–Trinajstić information content (AvgIpc) is 1.38. The number of carbonyl (C=O) groups excluding carboxylic acids is 1. The molecule has 0 aromatic carbocycles. The van der Waals surface area contributed by atoms with Crippen LogP contribution in [0.25, 0.3) is 0 Å². The number of hydrogen-bond acceptors (Lipinski definition) is 1. The second kappa shape index (κ2) is 2.21. The van der Waals surface area contributed by atoms with Crippen LogP contribution in [0.2, 0.25) is 0 Å². The van der Waals surface area contributed by atoms with E-state index in [1.807, 2.05) is 0 Å². The van der Waals surface area contributed by atoms with Crippen molar-refractivity contribution in [2.24, 2.45) is 0 Å². The summed E-state index contributed by atoms with van der Waals surface area (Å²) in [5.41, 5.74) is 0. The van der Waals surface area contributed by atoms with Gasteiger partial charge in [-0.05, 0) is 11.6 Å². The number of halogens is 1. The van der Waals surface area contributed by atoms with Gasteiger partial charge < -0.3 is 0 Å². The summed E-state index contributed by atoms with van der Waals surface area (Å²) in [4.78, 5) is 9.58. The van der Waals surface area contributed by atoms with Gasteiger partial charge in [-0.1, -0.05) is 6.92 Å². The largest absolute Gasteiger partial charge is 0.281 e. The highest BCUT2D eigenvalue weighted by molar-refractivity contribution is 6.63. The van der Waals surface area contributed by atoms with Gasteiger partial charge in [0.05, 0.1) is 0 Å². The Hall–Kier alpha value is -0.0400. The Bertz CT molecular complexity index is 42.2. The molecule has 0 aliphatic carbocycles. The van der Waals surface area contributed by atoms with Gasteiger partial charge in [-0.15, -0.1) is 0 Å². The Morgan fingerprint density at radius 2 is 2.20 bits per heavy atom. The first kappa shape index (κ1) is 4.96. The van der Waals surface area contributed by atoms with Gasteiger partial charge >= 0.3 is 0 Å². The first-order chi connectivity index (χ1) is 2.27. The summed E-state index contributed by atoms with van der Waals surface area (Å²) in [5, 5.41) is -0.273. The SMILES string of the molecule is [11CH3]CC(=O)Cl. The summed E-state index contributed by atoms with van der Waals surface area (Å²) in [7, 11) is 0. The van der Waals surface area contributed by atoms with Crippen LogP contribution >= 0.6 is 11.6 Å². The monoisotopic (exact) mass is 91.0 g/mol. The summed E-state index contributed by atoms with van der Waals surface area (Å²) in [6.45, 7) is 1.72. The van der Waals surface area contributed by atoms with Crippen molar-refractivity contribution < 1.29 is 4.79 Å². The molecular weight excluding hydrogens is 86.5 g/mol. The molecule has 0 radical (unpaired) electrons. The molecule has 0 aromatic rings. The van der Waals surface area contributed by atoms with Gasteiger partial charge in [-0.2, -0.15) is 0 Å². The quantitative estimate of drug-likeness (QED) is 0.443. The molecule has 0 amide bonds. The molecule has 0 saturated carbocycles. The van der Waals surface area contributed by atoms with Gasteiger partial charge in [0, 0.05) is 6.42 Å². The molecule has 0 saturated heterocycles. The van der Waals surface area contributed by atoms with E-state index in [9.17, 15) is 4.79 Å². The molecule has 30 valence electrons. The zero-order chi connectivity index (χ0) is 4.28. The summed E-state index contributed by atoms with van der Waals surface area (Å²) < 4.78 is 0. The van der Waals surface area contributed by atoms with Crippen LogP contribution in [0, 0.1) is 0 Å². The van der Waals surface area contributed by atoms with Crippen LogP contribution in [-0.2, 0) is 4.79 Å². The maximum Gasteiger partial charge on any atom is 0.221 e. The van der Waals surface area contributed by atoms with Crippen LogP contribution in [0.5, 0.6) is 0 Å². The smallest absolute Gasteiger partial charge is 0.221 e. The van der Waals surface area contributed by atoms with E-state index >= 15 is 0 Å². The molecular formula is C3H5ClO. The third-order valence-electron chi connectivity index (χ3n) is 0.278. The summed E-state index contributed by atoms with van der Waals surface area (Å²) in [6, 6.07) is 0. The molecule has 0 aliphatic rings. The minimum Gasteiger partial charge on any atom is -0.281 e. The van der Waals surface area contributed by atoms with Crippen molar-refractivity contribution in [3.05, 3.63) is 0 Å². The van der Waals surface area contributed by atoms with E-state index in [0.717, 1.165) is 0 Å². The number of carbonyl (C=O) groups is 1. The molecule has 0 rings (SSSR count). The zero-order valence-corrected chi connectivity index (χ0v) is 3.75. The average molecular weight is 91.5 g/mol. The molecule has 0 aromatic heterocycles. The maximum absolute atomic E-state index is 9.58. The molecule has 0 atom stereocenters. The fraction of sp³-hybridized carbons (Fsp3) is 0.667. The first-order valence-corrected chi connectivity index (χ1v) is 1.83. The standard InChI is InChI=1S/C3H5ClO/c1-2-3(4)5/h2H2,1H3/i1-1. The van der Waals surface area contributed by atoms with Crippen LogP contribution in [0.1, 0.15) is 13.3 Å². The fourth-order valence-electron chi connectivity index (χ4n) is 0.